The van der Waals surface area contributed by atoms with Crippen molar-refractivity contribution >= 4 is 35.1 Å². The zero-order chi connectivity index (χ0) is 14.2. The fraction of sp³-hybridized carbons (Fsp3) is 0.214. The van der Waals surface area contributed by atoms with Crippen LogP contribution in [0.15, 0.2) is 46.6 Å². The molecule has 0 spiro atoms. The largest absolute Gasteiger partial charge is 0.396 e. The second-order valence-electron chi connectivity index (χ2n) is 4.05. The van der Waals surface area contributed by atoms with Crippen LogP contribution in [0, 0.1) is 0 Å². The van der Waals surface area contributed by atoms with E-state index in [0.717, 1.165) is 5.56 Å². The number of hydrogen-bond acceptors (Lipinski definition) is 5. The van der Waals surface area contributed by atoms with E-state index in [9.17, 15) is 4.79 Å². The molecule has 0 bridgehead atoms. The zero-order valence-electron chi connectivity index (χ0n) is 10.8. The summed E-state index contributed by atoms with van der Waals surface area (Å²) in [5.41, 5.74) is 1.08. The molecule has 1 aliphatic heterocycles. The summed E-state index contributed by atoms with van der Waals surface area (Å²) in [4.78, 5) is 11.5. The highest BCUT2D eigenvalue weighted by Gasteiger charge is 2.29. The minimum Gasteiger partial charge on any atom is -0.396 e. The number of aliphatic hydroxyl groups excluding tert-OH is 1. The van der Waals surface area contributed by atoms with Gasteiger partial charge < -0.3 is 10.4 Å². The highest BCUT2D eigenvalue weighted by molar-refractivity contribution is 8.15. The minimum atomic E-state index is -0.270. The van der Waals surface area contributed by atoms with Gasteiger partial charge in [-0.1, -0.05) is 48.2 Å². The molecule has 1 unspecified atom stereocenters. The first kappa shape index (κ1) is 14.5. The van der Waals surface area contributed by atoms with Crippen LogP contribution in [0.2, 0.25) is 0 Å². The van der Waals surface area contributed by atoms with Crippen molar-refractivity contribution < 1.29 is 9.90 Å². The molecule has 1 aromatic carbocycles. The lowest BCUT2D eigenvalue weighted by atomic mass is 10.2. The number of nitrogens with zero attached hydrogens (tertiary/aromatic N) is 2. The zero-order valence-corrected chi connectivity index (χ0v) is 11.6. The molecule has 104 valence electrons. The molecule has 1 aliphatic rings. The Balaban J connectivity index is 1.86. The third kappa shape index (κ3) is 4.32. The van der Waals surface area contributed by atoms with Gasteiger partial charge >= 0.3 is 0 Å². The van der Waals surface area contributed by atoms with Gasteiger partial charge in [-0.3, -0.25) is 4.79 Å². The van der Waals surface area contributed by atoms with E-state index in [1.54, 1.807) is 12.3 Å². The van der Waals surface area contributed by atoms with E-state index in [1.807, 2.05) is 36.4 Å². The van der Waals surface area contributed by atoms with Crippen molar-refractivity contribution in [1.29, 1.82) is 0 Å². The maximum atomic E-state index is 11.5. The van der Waals surface area contributed by atoms with Crippen molar-refractivity contribution in [2.75, 3.05) is 6.61 Å². The van der Waals surface area contributed by atoms with Crippen molar-refractivity contribution in [3.8, 4) is 0 Å². The molecular formula is C14H15N3O2S. The van der Waals surface area contributed by atoms with Crippen LogP contribution in [0.5, 0.6) is 0 Å². The van der Waals surface area contributed by atoms with Crippen molar-refractivity contribution in [2.24, 2.45) is 10.2 Å². The average Bonchev–Trinajstić information content (AvgIpc) is 2.80. The van der Waals surface area contributed by atoms with Crippen LogP contribution in [0.25, 0.3) is 6.08 Å². The smallest absolute Gasteiger partial charge is 0.239 e. The van der Waals surface area contributed by atoms with Crippen molar-refractivity contribution in [1.82, 2.24) is 5.32 Å². The number of allylic oxidation sites excluding steroid dienone is 1. The number of carbonyl (C=O) groups excluding carboxylic acids is 1. The van der Waals surface area contributed by atoms with Gasteiger partial charge in [0.2, 0.25) is 5.91 Å². The van der Waals surface area contributed by atoms with E-state index in [-0.39, 0.29) is 17.8 Å². The van der Waals surface area contributed by atoms with Gasteiger partial charge in [-0.05, 0) is 18.1 Å². The predicted molar refractivity (Wildman–Crippen MR) is 82.6 cm³/mol. The number of nitrogens with one attached hydrogen (secondary N) is 1. The molecule has 1 saturated heterocycles. The third-order valence-corrected chi connectivity index (χ3v) is 3.70. The van der Waals surface area contributed by atoms with Gasteiger partial charge in [0, 0.05) is 12.8 Å². The number of aliphatic hydroxyl groups is 1. The molecule has 20 heavy (non-hydrogen) atoms. The number of amides is 1. The number of thioether (sulfide) groups is 1. The molecule has 2 N–H and O–H groups in total. The summed E-state index contributed by atoms with van der Waals surface area (Å²) < 4.78 is 0. The Bertz CT molecular complexity index is 541. The molecule has 1 fully saturated rings. The molecule has 2 rings (SSSR count). The van der Waals surface area contributed by atoms with Crippen LogP contribution in [-0.4, -0.2) is 34.3 Å². The Hall–Kier alpha value is -1.92. The molecule has 0 radical (unpaired) electrons. The summed E-state index contributed by atoms with van der Waals surface area (Å²) in [6.45, 7) is -0.0125. The number of hydrogen-bond donors (Lipinski definition) is 2. The number of amidine groups is 1. The SMILES string of the molecule is O=C1NC(=N/N=C/C=C/c2ccccc2)SC1CCO. The highest BCUT2D eigenvalue weighted by atomic mass is 32.2. The molecule has 1 heterocycles. The highest BCUT2D eigenvalue weighted by Crippen LogP contribution is 2.21. The Morgan fingerprint density at radius 3 is 2.90 bits per heavy atom. The monoisotopic (exact) mass is 289 g/mol. The summed E-state index contributed by atoms with van der Waals surface area (Å²) >= 11 is 1.29. The lowest BCUT2D eigenvalue weighted by Gasteiger charge is -1.98. The van der Waals surface area contributed by atoms with Crippen molar-refractivity contribution in [3.05, 3.63) is 42.0 Å². The van der Waals surface area contributed by atoms with Crippen LogP contribution in [0.1, 0.15) is 12.0 Å². The maximum absolute atomic E-state index is 11.5. The van der Waals surface area contributed by atoms with Gasteiger partial charge in [-0.25, -0.2) is 0 Å². The quantitative estimate of drug-likeness (QED) is 0.639. The van der Waals surface area contributed by atoms with Gasteiger partial charge in [0.25, 0.3) is 0 Å². The minimum absolute atomic E-state index is 0.0125. The van der Waals surface area contributed by atoms with Gasteiger partial charge in [-0.15, -0.1) is 5.10 Å². The Morgan fingerprint density at radius 2 is 2.15 bits per heavy atom. The molecule has 5 nitrogen and oxygen atoms in total. The van der Waals surface area contributed by atoms with Crippen molar-refractivity contribution in [3.63, 3.8) is 0 Å². The van der Waals surface area contributed by atoms with Crippen LogP contribution in [0.3, 0.4) is 0 Å². The number of carbonyl (C=O) groups is 1. The van der Waals surface area contributed by atoms with E-state index < -0.39 is 0 Å². The average molecular weight is 289 g/mol. The van der Waals surface area contributed by atoms with Crippen LogP contribution in [-0.2, 0) is 4.79 Å². The summed E-state index contributed by atoms with van der Waals surface area (Å²) in [6, 6.07) is 9.86. The predicted octanol–water partition coefficient (Wildman–Crippen LogP) is 1.66. The molecule has 0 aliphatic carbocycles. The van der Waals surface area contributed by atoms with Crippen LogP contribution in [0.4, 0.5) is 0 Å². The number of benzene rings is 1. The lowest BCUT2D eigenvalue weighted by molar-refractivity contribution is -0.119. The van der Waals surface area contributed by atoms with Crippen LogP contribution >= 0.6 is 11.8 Å². The summed E-state index contributed by atoms with van der Waals surface area (Å²) in [5.74, 6) is -0.127. The molecule has 1 aromatic rings. The topological polar surface area (TPSA) is 74.0 Å². The van der Waals surface area contributed by atoms with Gasteiger partial charge in [-0.2, -0.15) is 5.10 Å². The molecule has 0 saturated carbocycles. The lowest BCUT2D eigenvalue weighted by Crippen LogP contribution is -2.25. The first-order chi connectivity index (χ1) is 9.79. The number of rotatable bonds is 5. The molecular weight excluding hydrogens is 274 g/mol. The molecule has 1 amide bonds. The van der Waals surface area contributed by atoms with Gasteiger partial charge in [0.1, 0.15) is 0 Å². The van der Waals surface area contributed by atoms with E-state index in [0.29, 0.717) is 11.6 Å². The normalized spacial score (nSPS) is 21.1. The fourth-order valence-electron chi connectivity index (χ4n) is 1.60. The Labute approximate surface area is 121 Å². The molecule has 1 atom stereocenters. The summed E-state index contributed by atoms with van der Waals surface area (Å²) in [5, 5.41) is 19.4. The van der Waals surface area contributed by atoms with Gasteiger partial charge in [0.15, 0.2) is 5.17 Å². The Morgan fingerprint density at radius 1 is 1.35 bits per heavy atom. The second-order valence-corrected chi connectivity index (χ2v) is 5.24. The summed E-state index contributed by atoms with van der Waals surface area (Å²) in [7, 11) is 0. The fourth-order valence-corrected chi connectivity index (χ4v) is 2.51. The standard InChI is InChI=1S/C14H15N3O2S/c18-10-8-12-13(19)16-14(20-12)17-15-9-4-7-11-5-2-1-3-6-11/h1-7,9,12,18H,8,10H2,(H,16,17,19)/b7-4+,15-9+. The van der Waals surface area contributed by atoms with E-state index in [2.05, 4.69) is 15.5 Å². The van der Waals surface area contributed by atoms with E-state index in [1.165, 1.54) is 11.8 Å². The van der Waals surface area contributed by atoms with E-state index >= 15 is 0 Å². The maximum Gasteiger partial charge on any atom is 0.239 e. The first-order valence-electron chi connectivity index (χ1n) is 6.20. The Kier molecular flexibility index (Phi) is 5.52. The van der Waals surface area contributed by atoms with Crippen LogP contribution < -0.4 is 5.32 Å². The first-order valence-corrected chi connectivity index (χ1v) is 7.08. The van der Waals surface area contributed by atoms with E-state index in [4.69, 9.17) is 5.11 Å². The molecule has 6 heteroatoms. The third-order valence-electron chi connectivity index (χ3n) is 2.56. The van der Waals surface area contributed by atoms with Crippen molar-refractivity contribution in [2.45, 2.75) is 11.7 Å². The molecule has 0 aromatic heterocycles. The van der Waals surface area contributed by atoms with Gasteiger partial charge in [0.05, 0.1) is 5.25 Å². The summed E-state index contributed by atoms with van der Waals surface area (Å²) in [6.07, 6.45) is 5.68. The second kappa shape index (κ2) is 7.62.